The number of ether oxygens (including phenoxy) is 3. The van der Waals surface area contributed by atoms with Crippen molar-refractivity contribution < 1.29 is 23.8 Å². The summed E-state index contributed by atoms with van der Waals surface area (Å²) in [4.78, 5) is 21.5. The van der Waals surface area contributed by atoms with Gasteiger partial charge in [-0.05, 0) is 62.4 Å². The minimum atomic E-state index is -0.769. The summed E-state index contributed by atoms with van der Waals surface area (Å²) in [6.07, 6.45) is -0.769. The Labute approximate surface area is 185 Å². The highest BCUT2D eigenvalue weighted by Gasteiger charge is 2.16. The minimum absolute atomic E-state index is 0.102. The van der Waals surface area contributed by atoms with E-state index in [9.17, 15) is 4.79 Å². The molecular formula is C23H23ClN2O5. The number of nitrogens with one attached hydrogen (secondary N) is 1. The molecule has 0 saturated heterocycles. The number of aromatic nitrogens is 1. The summed E-state index contributed by atoms with van der Waals surface area (Å²) >= 11 is 6.00. The Morgan fingerprint density at radius 2 is 1.84 bits per heavy atom. The lowest BCUT2D eigenvalue weighted by Crippen LogP contribution is -2.28. The Balaban J connectivity index is 1.50. The van der Waals surface area contributed by atoms with Gasteiger partial charge in [-0.1, -0.05) is 18.2 Å². The second-order valence-electron chi connectivity index (χ2n) is 6.72. The Hall–Kier alpha value is -3.29. The first kappa shape index (κ1) is 22.4. The molecule has 3 aromatic rings. The molecule has 0 fully saturated rings. The quantitative estimate of drug-likeness (QED) is 0.267. The number of benzene rings is 2. The first-order valence-electron chi connectivity index (χ1n) is 9.61. The lowest BCUT2D eigenvalue weighted by atomic mass is 10.2. The molecule has 0 aliphatic heterocycles. The third-order valence-corrected chi connectivity index (χ3v) is 4.23. The number of allylic oxidation sites excluding steroid dienone is 1. The zero-order chi connectivity index (χ0) is 22.2. The monoisotopic (exact) mass is 442 g/mol. The first-order valence-corrected chi connectivity index (χ1v) is 9.99. The Morgan fingerprint density at radius 1 is 1.10 bits per heavy atom. The summed E-state index contributed by atoms with van der Waals surface area (Å²) in [6, 6.07) is 16.0. The number of hydrogen-bond acceptors (Lipinski definition) is 7. The smallest absolute Gasteiger partial charge is 0.347 e. The van der Waals surface area contributed by atoms with Crippen molar-refractivity contribution >= 4 is 28.5 Å². The van der Waals surface area contributed by atoms with Gasteiger partial charge in [0.25, 0.3) is 0 Å². The molecule has 0 radical (unpaired) electrons. The zero-order valence-electron chi connectivity index (χ0n) is 17.3. The van der Waals surface area contributed by atoms with Crippen LogP contribution in [0, 0.1) is 0 Å². The van der Waals surface area contributed by atoms with Crippen molar-refractivity contribution in [1.29, 1.82) is 0 Å². The maximum Gasteiger partial charge on any atom is 0.347 e. The molecule has 0 aliphatic rings. The molecule has 1 N–H and O–H groups in total. The summed E-state index contributed by atoms with van der Waals surface area (Å²) in [7, 11) is 0. The van der Waals surface area contributed by atoms with Crippen molar-refractivity contribution in [3.05, 3.63) is 71.9 Å². The van der Waals surface area contributed by atoms with Crippen LogP contribution in [-0.2, 0) is 14.4 Å². The van der Waals surface area contributed by atoms with Gasteiger partial charge in [-0.3, -0.25) is 10.3 Å². The predicted octanol–water partition coefficient (Wildman–Crippen LogP) is 5.05. The predicted molar refractivity (Wildman–Crippen MR) is 118 cm³/mol. The van der Waals surface area contributed by atoms with E-state index in [1.165, 1.54) is 0 Å². The van der Waals surface area contributed by atoms with Crippen LogP contribution in [0.3, 0.4) is 0 Å². The molecule has 0 spiro atoms. The summed E-state index contributed by atoms with van der Waals surface area (Å²) in [5.41, 5.74) is 4.03. The van der Waals surface area contributed by atoms with E-state index in [4.69, 9.17) is 30.6 Å². The van der Waals surface area contributed by atoms with Crippen LogP contribution in [0.15, 0.2) is 66.9 Å². The molecule has 0 aliphatic carbocycles. The van der Waals surface area contributed by atoms with Crippen molar-refractivity contribution in [2.24, 2.45) is 0 Å². The van der Waals surface area contributed by atoms with Crippen LogP contribution in [0.1, 0.15) is 13.8 Å². The van der Waals surface area contributed by atoms with Gasteiger partial charge in [0.2, 0.25) is 5.88 Å². The van der Waals surface area contributed by atoms with E-state index >= 15 is 0 Å². The molecule has 31 heavy (non-hydrogen) atoms. The average Bonchev–Trinajstić information content (AvgIpc) is 2.74. The molecule has 0 saturated carbocycles. The van der Waals surface area contributed by atoms with Crippen molar-refractivity contribution in [1.82, 2.24) is 10.5 Å². The van der Waals surface area contributed by atoms with Crippen LogP contribution >= 0.6 is 11.6 Å². The highest BCUT2D eigenvalue weighted by Crippen LogP contribution is 2.26. The second kappa shape index (κ2) is 10.7. The number of pyridine rings is 1. The lowest BCUT2D eigenvalue weighted by molar-refractivity contribution is -0.153. The van der Waals surface area contributed by atoms with Crippen LogP contribution in [0.4, 0.5) is 0 Å². The van der Waals surface area contributed by atoms with E-state index in [2.05, 4.69) is 17.0 Å². The number of rotatable bonds is 10. The summed E-state index contributed by atoms with van der Waals surface area (Å²) < 4.78 is 16.5. The number of nitrogens with zero attached hydrogens (tertiary/aromatic N) is 1. The number of carbonyl (C=O) groups is 1. The SMILES string of the molecule is C=C(C)NOCCOC(=O)C(C)Oc1ccc(Oc2ccc3cc(Cl)ccc3n2)cc1. The third kappa shape index (κ3) is 6.87. The molecule has 3 rings (SSSR count). The molecule has 1 unspecified atom stereocenters. The number of carbonyl (C=O) groups excluding carboxylic acids is 1. The van der Waals surface area contributed by atoms with Gasteiger partial charge >= 0.3 is 5.97 Å². The van der Waals surface area contributed by atoms with Gasteiger partial charge in [-0.25, -0.2) is 9.78 Å². The standard InChI is InChI=1S/C23H23ClN2O5/c1-15(2)26-29-13-12-28-23(27)16(3)30-19-6-8-20(9-7-19)31-22-11-4-17-14-18(24)5-10-21(17)25-22/h4-11,14,16,26H,1,12-13H2,2-3H3. The first-order chi connectivity index (χ1) is 14.9. The molecule has 1 atom stereocenters. The van der Waals surface area contributed by atoms with Crippen LogP contribution in [-0.4, -0.2) is 30.3 Å². The maximum absolute atomic E-state index is 12.0. The van der Waals surface area contributed by atoms with E-state index in [1.807, 2.05) is 18.2 Å². The fourth-order valence-corrected chi connectivity index (χ4v) is 2.75. The molecule has 1 aromatic heterocycles. The minimum Gasteiger partial charge on any atom is -0.479 e. The largest absolute Gasteiger partial charge is 0.479 e. The number of halogens is 1. The maximum atomic E-state index is 12.0. The van der Waals surface area contributed by atoms with Gasteiger partial charge in [0.05, 0.1) is 5.52 Å². The molecular weight excluding hydrogens is 420 g/mol. The van der Waals surface area contributed by atoms with E-state index in [1.54, 1.807) is 50.2 Å². The molecule has 0 bridgehead atoms. The molecule has 1 heterocycles. The second-order valence-corrected chi connectivity index (χ2v) is 7.15. The van der Waals surface area contributed by atoms with Crippen molar-refractivity contribution in [2.45, 2.75) is 20.0 Å². The Bertz CT molecular complexity index is 1060. The fraction of sp³-hybridized carbons (Fsp3) is 0.217. The van der Waals surface area contributed by atoms with Crippen molar-refractivity contribution in [3.63, 3.8) is 0 Å². The highest BCUT2D eigenvalue weighted by atomic mass is 35.5. The van der Waals surface area contributed by atoms with Gasteiger partial charge in [0.1, 0.15) is 24.7 Å². The Morgan fingerprint density at radius 3 is 2.58 bits per heavy atom. The topological polar surface area (TPSA) is 78.9 Å². The van der Waals surface area contributed by atoms with Gasteiger partial charge in [0.15, 0.2) is 6.10 Å². The van der Waals surface area contributed by atoms with Gasteiger partial charge < -0.3 is 14.2 Å². The molecule has 7 nitrogen and oxygen atoms in total. The normalized spacial score (nSPS) is 11.6. The van der Waals surface area contributed by atoms with Crippen LogP contribution in [0.25, 0.3) is 10.9 Å². The highest BCUT2D eigenvalue weighted by molar-refractivity contribution is 6.31. The lowest BCUT2D eigenvalue weighted by Gasteiger charge is -2.14. The van der Waals surface area contributed by atoms with Gasteiger partial charge in [-0.2, -0.15) is 0 Å². The van der Waals surface area contributed by atoms with Gasteiger partial charge in [0, 0.05) is 22.2 Å². The van der Waals surface area contributed by atoms with E-state index in [0.29, 0.717) is 28.1 Å². The number of hydroxylamine groups is 1. The number of fused-ring (bicyclic) bond motifs is 1. The zero-order valence-corrected chi connectivity index (χ0v) is 18.0. The molecule has 162 valence electrons. The van der Waals surface area contributed by atoms with Crippen LogP contribution in [0.2, 0.25) is 5.02 Å². The number of esters is 1. The van der Waals surface area contributed by atoms with E-state index in [0.717, 1.165) is 10.9 Å². The fourth-order valence-electron chi connectivity index (χ4n) is 2.57. The molecule has 2 aromatic carbocycles. The van der Waals surface area contributed by atoms with Crippen LogP contribution in [0.5, 0.6) is 17.4 Å². The van der Waals surface area contributed by atoms with Crippen LogP contribution < -0.4 is 15.0 Å². The number of hydrogen-bond donors (Lipinski definition) is 1. The summed E-state index contributed by atoms with van der Waals surface area (Å²) in [5.74, 6) is 1.08. The van der Waals surface area contributed by atoms with E-state index < -0.39 is 12.1 Å². The third-order valence-electron chi connectivity index (χ3n) is 3.99. The summed E-state index contributed by atoms with van der Waals surface area (Å²) in [5, 5.41) is 1.59. The Kier molecular flexibility index (Phi) is 7.70. The van der Waals surface area contributed by atoms with E-state index in [-0.39, 0.29) is 13.2 Å². The molecule has 8 heteroatoms. The molecule has 0 amide bonds. The van der Waals surface area contributed by atoms with Crippen molar-refractivity contribution in [3.8, 4) is 17.4 Å². The van der Waals surface area contributed by atoms with Crippen molar-refractivity contribution in [2.75, 3.05) is 13.2 Å². The average molecular weight is 443 g/mol. The van der Waals surface area contributed by atoms with Gasteiger partial charge in [-0.15, -0.1) is 0 Å². The summed E-state index contributed by atoms with van der Waals surface area (Å²) in [6.45, 7) is 7.30.